The first-order chi connectivity index (χ1) is 8.40. The third kappa shape index (κ3) is 2.06. The van der Waals surface area contributed by atoms with Crippen molar-refractivity contribution in [2.45, 2.75) is 44.6 Å². The first-order valence-electron chi connectivity index (χ1n) is 6.77. The van der Waals surface area contributed by atoms with Gasteiger partial charge in [0.2, 0.25) is 10.0 Å². The molecular weight excluding hydrogens is 248 g/mol. The molecule has 1 unspecified atom stereocenters. The van der Waals surface area contributed by atoms with E-state index < -0.39 is 16.1 Å². The van der Waals surface area contributed by atoms with Gasteiger partial charge >= 0.3 is 0 Å². The normalized spacial score (nSPS) is 43.7. The molecule has 0 spiro atoms. The van der Waals surface area contributed by atoms with Gasteiger partial charge in [0, 0.05) is 5.41 Å². The van der Waals surface area contributed by atoms with Crippen molar-refractivity contribution < 1.29 is 8.42 Å². The van der Waals surface area contributed by atoms with Crippen LogP contribution in [0.1, 0.15) is 38.5 Å². The SMILES string of the molecule is CS(=O)(=O)NC(C#N)C12CC3CC(CC(C3)C1)C2. The zero-order chi connectivity index (χ0) is 13.0. The lowest BCUT2D eigenvalue weighted by atomic mass is 9.48. The third-order valence-corrected chi connectivity index (χ3v) is 5.82. The van der Waals surface area contributed by atoms with E-state index in [4.69, 9.17) is 0 Å². The van der Waals surface area contributed by atoms with E-state index in [1.165, 1.54) is 19.3 Å². The van der Waals surface area contributed by atoms with E-state index in [9.17, 15) is 13.7 Å². The fourth-order valence-electron chi connectivity index (χ4n) is 5.03. The van der Waals surface area contributed by atoms with E-state index in [0.29, 0.717) is 0 Å². The largest absolute Gasteiger partial charge is 0.213 e. The van der Waals surface area contributed by atoms with E-state index in [1.54, 1.807) is 0 Å². The molecule has 4 aliphatic carbocycles. The zero-order valence-electron chi connectivity index (χ0n) is 10.7. The summed E-state index contributed by atoms with van der Waals surface area (Å²) in [5.74, 6) is 2.19. The summed E-state index contributed by atoms with van der Waals surface area (Å²) in [5.41, 5.74) is -0.0768. The zero-order valence-corrected chi connectivity index (χ0v) is 11.5. The van der Waals surface area contributed by atoms with Crippen LogP contribution in [0.4, 0.5) is 0 Å². The van der Waals surface area contributed by atoms with Crippen molar-refractivity contribution in [3.8, 4) is 6.07 Å². The van der Waals surface area contributed by atoms with Crippen molar-refractivity contribution in [2.24, 2.45) is 23.2 Å². The number of rotatable bonds is 3. The highest BCUT2D eigenvalue weighted by atomic mass is 32.2. The maximum atomic E-state index is 11.4. The molecule has 4 saturated carbocycles. The average Bonchev–Trinajstić information content (AvgIpc) is 2.22. The van der Waals surface area contributed by atoms with E-state index in [2.05, 4.69) is 10.8 Å². The Morgan fingerprint density at radius 2 is 1.61 bits per heavy atom. The Kier molecular flexibility index (Phi) is 2.73. The smallest absolute Gasteiger partial charge is 0.209 e. The fraction of sp³-hybridized carbons (Fsp3) is 0.923. The lowest BCUT2D eigenvalue weighted by Gasteiger charge is -2.58. The summed E-state index contributed by atoms with van der Waals surface area (Å²) in [6.45, 7) is 0. The Morgan fingerprint density at radius 1 is 1.17 bits per heavy atom. The van der Waals surface area contributed by atoms with Crippen LogP contribution in [0.25, 0.3) is 0 Å². The molecule has 1 atom stereocenters. The molecule has 0 aliphatic heterocycles. The summed E-state index contributed by atoms with van der Waals surface area (Å²) in [6, 6.07) is 1.70. The van der Waals surface area contributed by atoms with Crippen molar-refractivity contribution in [3.63, 3.8) is 0 Å². The minimum Gasteiger partial charge on any atom is -0.213 e. The van der Waals surface area contributed by atoms with Crippen LogP contribution >= 0.6 is 0 Å². The molecule has 4 bridgehead atoms. The van der Waals surface area contributed by atoms with E-state index in [0.717, 1.165) is 43.3 Å². The van der Waals surface area contributed by atoms with Gasteiger partial charge in [0.15, 0.2) is 0 Å². The Morgan fingerprint density at radius 3 is 1.94 bits per heavy atom. The monoisotopic (exact) mass is 268 g/mol. The quantitative estimate of drug-likeness (QED) is 0.846. The van der Waals surface area contributed by atoms with Crippen molar-refractivity contribution in [1.82, 2.24) is 4.72 Å². The molecule has 4 fully saturated rings. The minimum atomic E-state index is -3.30. The van der Waals surface area contributed by atoms with E-state index in [1.807, 2.05) is 0 Å². The molecule has 0 aromatic carbocycles. The van der Waals surface area contributed by atoms with Crippen molar-refractivity contribution in [1.29, 1.82) is 5.26 Å². The van der Waals surface area contributed by atoms with Crippen LogP contribution in [-0.2, 0) is 10.0 Å². The van der Waals surface area contributed by atoms with Crippen LogP contribution in [0.5, 0.6) is 0 Å². The second-order valence-corrected chi connectivity index (χ2v) is 8.51. The number of hydrogen-bond donors (Lipinski definition) is 1. The van der Waals surface area contributed by atoms with Crippen molar-refractivity contribution in [3.05, 3.63) is 0 Å². The van der Waals surface area contributed by atoms with Gasteiger partial charge in [-0.2, -0.15) is 9.98 Å². The Hall–Kier alpha value is -0.600. The van der Waals surface area contributed by atoms with Gasteiger partial charge in [0.25, 0.3) is 0 Å². The van der Waals surface area contributed by atoms with Crippen LogP contribution in [0.3, 0.4) is 0 Å². The van der Waals surface area contributed by atoms with Crippen LogP contribution < -0.4 is 4.72 Å². The molecule has 0 amide bonds. The summed E-state index contributed by atoms with van der Waals surface area (Å²) in [4.78, 5) is 0. The van der Waals surface area contributed by atoms with Gasteiger partial charge in [-0.05, 0) is 56.3 Å². The molecule has 0 aromatic heterocycles. The standard InChI is InChI=1S/C13H20N2O2S/c1-18(16,17)15-12(8-14)13-5-9-2-10(6-13)4-11(3-9)7-13/h9-12,15H,2-7H2,1H3. The Bertz CT molecular complexity index is 456. The lowest BCUT2D eigenvalue weighted by molar-refractivity contribution is -0.0603. The number of nitrogens with zero attached hydrogens (tertiary/aromatic N) is 1. The average molecular weight is 268 g/mol. The molecular formula is C13H20N2O2S. The van der Waals surface area contributed by atoms with Gasteiger partial charge in [-0.15, -0.1) is 0 Å². The highest BCUT2D eigenvalue weighted by Crippen LogP contribution is 2.61. The number of sulfonamides is 1. The predicted octanol–water partition coefficient (Wildman–Crippen LogP) is 1.64. The molecule has 100 valence electrons. The highest BCUT2D eigenvalue weighted by molar-refractivity contribution is 7.88. The fourth-order valence-corrected chi connectivity index (χ4v) is 5.76. The molecule has 0 radical (unpaired) electrons. The summed E-state index contributed by atoms with van der Waals surface area (Å²) in [6.07, 6.45) is 8.18. The Labute approximate surface area is 109 Å². The van der Waals surface area contributed by atoms with Crippen molar-refractivity contribution >= 4 is 10.0 Å². The van der Waals surface area contributed by atoms with E-state index >= 15 is 0 Å². The van der Waals surface area contributed by atoms with Crippen LogP contribution in [0.2, 0.25) is 0 Å². The summed E-state index contributed by atoms with van der Waals surface area (Å²) in [5, 5.41) is 9.37. The molecule has 4 aliphatic rings. The van der Waals surface area contributed by atoms with Crippen molar-refractivity contribution in [2.75, 3.05) is 6.26 Å². The summed E-state index contributed by atoms with van der Waals surface area (Å²) >= 11 is 0. The van der Waals surface area contributed by atoms with Crippen LogP contribution in [-0.4, -0.2) is 20.7 Å². The van der Waals surface area contributed by atoms with Crippen LogP contribution in [0, 0.1) is 34.5 Å². The van der Waals surface area contributed by atoms with Gasteiger partial charge in [-0.3, -0.25) is 0 Å². The summed E-state index contributed by atoms with van der Waals surface area (Å²) < 4.78 is 25.4. The second kappa shape index (κ2) is 3.94. The first kappa shape index (κ1) is 12.4. The van der Waals surface area contributed by atoms with Gasteiger partial charge in [-0.1, -0.05) is 0 Å². The maximum Gasteiger partial charge on any atom is 0.209 e. The van der Waals surface area contributed by atoms with Crippen LogP contribution in [0.15, 0.2) is 0 Å². The topological polar surface area (TPSA) is 70.0 Å². The highest BCUT2D eigenvalue weighted by Gasteiger charge is 2.54. The maximum absolute atomic E-state index is 11.4. The van der Waals surface area contributed by atoms with Gasteiger partial charge in [0.05, 0.1) is 12.3 Å². The molecule has 18 heavy (non-hydrogen) atoms. The number of nitriles is 1. The van der Waals surface area contributed by atoms with Gasteiger partial charge in [0.1, 0.15) is 6.04 Å². The van der Waals surface area contributed by atoms with Gasteiger partial charge in [-0.25, -0.2) is 8.42 Å². The number of hydrogen-bond acceptors (Lipinski definition) is 3. The predicted molar refractivity (Wildman–Crippen MR) is 68.0 cm³/mol. The minimum absolute atomic E-state index is 0.0768. The molecule has 4 nitrogen and oxygen atoms in total. The Balaban J connectivity index is 1.88. The molecule has 0 saturated heterocycles. The lowest BCUT2D eigenvalue weighted by Crippen LogP contribution is -2.56. The molecule has 5 heteroatoms. The number of nitrogens with one attached hydrogen (secondary N) is 1. The van der Waals surface area contributed by atoms with E-state index in [-0.39, 0.29) is 5.41 Å². The molecule has 1 N–H and O–H groups in total. The second-order valence-electron chi connectivity index (χ2n) is 6.73. The van der Waals surface area contributed by atoms with Gasteiger partial charge < -0.3 is 0 Å². The molecule has 4 rings (SSSR count). The summed E-state index contributed by atoms with van der Waals surface area (Å²) in [7, 11) is -3.30. The third-order valence-electron chi connectivity index (χ3n) is 5.16. The first-order valence-corrected chi connectivity index (χ1v) is 8.66. The molecule has 0 heterocycles. The molecule has 0 aromatic rings.